The van der Waals surface area contributed by atoms with E-state index in [0.29, 0.717) is 33.9 Å². The van der Waals surface area contributed by atoms with Crippen molar-refractivity contribution in [2.24, 2.45) is 0 Å². The van der Waals surface area contributed by atoms with Crippen molar-refractivity contribution in [2.75, 3.05) is 25.3 Å². The Kier molecular flexibility index (Phi) is 3.23. The highest BCUT2D eigenvalue weighted by atomic mass is 16.6. The van der Waals surface area contributed by atoms with Crippen LogP contribution in [0.3, 0.4) is 0 Å². The average Bonchev–Trinajstić information content (AvgIpc) is 3.00. The van der Waals surface area contributed by atoms with Crippen LogP contribution in [0.15, 0.2) is 35.0 Å². The van der Waals surface area contributed by atoms with E-state index in [2.05, 4.69) is 15.6 Å². The first-order chi connectivity index (χ1) is 10.2. The maximum Gasteiger partial charge on any atom is 0.160 e. The van der Waals surface area contributed by atoms with Gasteiger partial charge in [0, 0.05) is 6.07 Å². The normalized spacial score (nSPS) is 10.6. The molecule has 0 radical (unpaired) electrons. The van der Waals surface area contributed by atoms with Crippen LogP contribution in [0.4, 0.5) is 17.1 Å². The number of nitrogen functional groups attached to an aromatic ring is 1. The molecule has 0 bridgehead atoms. The SMILES string of the molecule is COc1ccc(OC)c(Nc2ccc(N)c3nonc23)c1. The number of nitrogens with two attached hydrogens (primary N) is 1. The molecule has 0 unspecified atom stereocenters. The van der Waals surface area contributed by atoms with Crippen LogP contribution in [0.25, 0.3) is 11.0 Å². The van der Waals surface area contributed by atoms with Gasteiger partial charge in [0.05, 0.1) is 31.3 Å². The molecule has 108 valence electrons. The lowest BCUT2D eigenvalue weighted by Gasteiger charge is -2.12. The Morgan fingerprint density at radius 3 is 2.57 bits per heavy atom. The highest BCUT2D eigenvalue weighted by Gasteiger charge is 2.12. The Balaban J connectivity index is 2.06. The van der Waals surface area contributed by atoms with Gasteiger partial charge in [-0.2, -0.15) is 0 Å². The third-order valence-electron chi connectivity index (χ3n) is 3.12. The molecule has 0 spiro atoms. The van der Waals surface area contributed by atoms with Gasteiger partial charge in [0.2, 0.25) is 0 Å². The van der Waals surface area contributed by atoms with Gasteiger partial charge >= 0.3 is 0 Å². The highest BCUT2D eigenvalue weighted by Crippen LogP contribution is 2.34. The predicted octanol–water partition coefficient (Wildman–Crippen LogP) is 2.57. The smallest absolute Gasteiger partial charge is 0.160 e. The highest BCUT2D eigenvalue weighted by molar-refractivity contribution is 5.96. The summed E-state index contributed by atoms with van der Waals surface area (Å²) in [5.74, 6) is 1.39. The van der Waals surface area contributed by atoms with Gasteiger partial charge in [-0.3, -0.25) is 0 Å². The van der Waals surface area contributed by atoms with Gasteiger partial charge in [-0.25, -0.2) is 4.63 Å². The summed E-state index contributed by atoms with van der Waals surface area (Å²) in [6.07, 6.45) is 0. The molecule has 0 fully saturated rings. The minimum absolute atomic E-state index is 0.509. The van der Waals surface area contributed by atoms with Crippen LogP contribution in [0.5, 0.6) is 11.5 Å². The number of benzene rings is 2. The van der Waals surface area contributed by atoms with Crippen molar-refractivity contribution in [3.05, 3.63) is 30.3 Å². The van der Waals surface area contributed by atoms with Crippen molar-refractivity contribution in [1.29, 1.82) is 0 Å². The summed E-state index contributed by atoms with van der Waals surface area (Å²) >= 11 is 0. The van der Waals surface area contributed by atoms with Gasteiger partial charge < -0.3 is 20.5 Å². The third kappa shape index (κ3) is 2.29. The molecule has 3 rings (SSSR count). The van der Waals surface area contributed by atoms with Gasteiger partial charge in [-0.1, -0.05) is 0 Å². The first kappa shape index (κ1) is 13.0. The molecule has 3 N–H and O–H groups in total. The number of aromatic nitrogens is 2. The molecule has 0 atom stereocenters. The van der Waals surface area contributed by atoms with E-state index < -0.39 is 0 Å². The molecule has 7 nitrogen and oxygen atoms in total. The molecular weight excluding hydrogens is 272 g/mol. The number of nitrogens with one attached hydrogen (secondary N) is 1. The van der Waals surface area contributed by atoms with E-state index in [4.69, 9.17) is 19.8 Å². The first-order valence-electron chi connectivity index (χ1n) is 6.22. The fourth-order valence-corrected chi connectivity index (χ4v) is 2.04. The molecule has 0 saturated carbocycles. The zero-order valence-corrected chi connectivity index (χ0v) is 11.6. The first-order valence-corrected chi connectivity index (χ1v) is 6.22. The number of hydrogen-bond donors (Lipinski definition) is 2. The van der Waals surface area contributed by atoms with Crippen molar-refractivity contribution < 1.29 is 14.1 Å². The second-order valence-corrected chi connectivity index (χ2v) is 4.36. The van der Waals surface area contributed by atoms with E-state index >= 15 is 0 Å². The molecule has 1 aromatic heterocycles. The van der Waals surface area contributed by atoms with Crippen molar-refractivity contribution in [3.63, 3.8) is 0 Å². The Hall–Kier alpha value is -2.96. The Morgan fingerprint density at radius 2 is 1.81 bits per heavy atom. The van der Waals surface area contributed by atoms with Crippen LogP contribution in [0, 0.1) is 0 Å². The average molecular weight is 286 g/mol. The van der Waals surface area contributed by atoms with E-state index in [1.54, 1.807) is 26.4 Å². The quantitative estimate of drug-likeness (QED) is 0.711. The summed E-state index contributed by atoms with van der Waals surface area (Å²) in [7, 11) is 3.21. The predicted molar refractivity (Wildman–Crippen MR) is 79.0 cm³/mol. The Bertz CT molecular complexity index is 785. The number of ether oxygens (including phenoxy) is 2. The number of hydrogen-bond acceptors (Lipinski definition) is 7. The second kappa shape index (κ2) is 5.20. The minimum Gasteiger partial charge on any atom is -0.497 e. The largest absolute Gasteiger partial charge is 0.497 e. The maximum absolute atomic E-state index is 5.83. The molecule has 3 aromatic rings. The number of nitrogens with zero attached hydrogens (tertiary/aromatic N) is 2. The van der Waals surface area contributed by atoms with Crippen molar-refractivity contribution >= 4 is 28.1 Å². The number of fused-ring (bicyclic) bond motifs is 1. The molecular formula is C14H14N4O3. The fourth-order valence-electron chi connectivity index (χ4n) is 2.04. The zero-order valence-electron chi connectivity index (χ0n) is 11.6. The summed E-state index contributed by atoms with van der Waals surface area (Å²) < 4.78 is 15.3. The molecule has 21 heavy (non-hydrogen) atoms. The van der Waals surface area contributed by atoms with Crippen molar-refractivity contribution in [3.8, 4) is 11.5 Å². The van der Waals surface area contributed by atoms with E-state index in [1.807, 2.05) is 18.2 Å². The lowest BCUT2D eigenvalue weighted by atomic mass is 10.2. The lowest BCUT2D eigenvalue weighted by Crippen LogP contribution is -1.97. The second-order valence-electron chi connectivity index (χ2n) is 4.36. The molecule has 7 heteroatoms. The standard InChI is InChI=1S/C14H14N4O3/c1-19-8-3-6-12(20-2)11(7-8)16-10-5-4-9(15)13-14(10)18-21-17-13/h3-7,16H,15H2,1-2H3. The van der Waals surface area contributed by atoms with Crippen LogP contribution in [0.1, 0.15) is 0 Å². The summed E-state index contributed by atoms with van der Waals surface area (Å²) in [5, 5.41) is 10.9. The van der Waals surface area contributed by atoms with Crippen LogP contribution in [0.2, 0.25) is 0 Å². The summed E-state index contributed by atoms with van der Waals surface area (Å²) in [5.41, 5.74) is 8.87. The summed E-state index contributed by atoms with van der Waals surface area (Å²) in [4.78, 5) is 0. The molecule has 0 aliphatic heterocycles. The lowest BCUT2D eigenvalue weighted by molar-refractivity contribution is 0.316. The molecule has 1 heterocycles. The third-order valence-corrected chi connectivity index (χ3v) is 3.12. The molecule has 0 aliphatic rings. The van der Waals surface area contributed by atoms with E-state index in [9.17, 15) is 0 Å². The topological polar surface area (TPSA) is 95.4 Å². The number of methoxy groups -OCH3 is 2. The van der Waals surface area contributed by atoms with Gasteiger partial charge in [0.15, 0.2) is 11.0 Å². The van der Waals surface area contributed by atoms with Gasteiger partial charge in [-0.05, 0) is 34.6 Å². The monoisotopic (exact) mass is 286 g/mol. The molecule has 2 aromatic carbocycles. The van der Waals surface area contributed by atoms with E-state index in [0.717, 1.165) is 5.69 Å². The molecule has 0 amide bonds. The molecule has 0 aliphatic carbocycles. The van der Waals surface area contributed by atoms with Crippen LogP contribution >= 0.6 is 0 Å². The summed E-state index contributed by atoms with van der Waals surface area (Å²) in [6, 6.07) is 9.01. The Labute approximate surface area is 120 Å². The van der Waals surface area contributed by atoms with Gasteiger partial charge in [0.25, 0.3) is 0 Å². The minimum atomic E-state index is 0.509. The summed E-state index contributed by atoms with van der Waals surface area (Å²) in [6.45, 7) is 0. The van der Waals surface area contributed by atoms with Gasteiger partial charge in [-0.15, -0.1) is 0 Å². The Morgan fingerprint density at radius 1 is 1.00 bits per heavy atom. The number of anilines is 3. The number of rotatable bonds is 4. The fraction of sp³-hybridized carbons (Fsp3) is 0.143. The molecule has 0 saturated heterocycles. The van der Waals surface area contributed by atoms with Crippen molar-refractivity contribution in [2.45, 2.75) is 0 Å². The van der Waals surface area contributed by atoms with Crippen molar-refractivity contribution in [1.82, 2.24) is 10.3 Å². The van der Waals surface area contributed by atoms with Crippen LogP contribution < -0.4 is 20.5 Å². The van der Waals surface area contributed by atoms with E-state index in [1.165, 1.54) is 0 Å². The van der Waals surface area contributed by atoms with E-state index in [-0.39, 0.29) is 0 Å². The zero-order chi connectivity index (χ0) is 14.8. The van der Waals surface area contributed by atoms with Crippen LogP contribution in [-0.4, -0.2) is 24.5 Å². The van der Waals surface area contributed by atoms with Gasteiger partial charge in [0.1, 0.15) is 11.5 Å². The maximum atomic E-state index is 5.83. The van der Waals surface area contributed by atoms with Crippen LogP contribution in [-0.2, 0) is 0 Å².